The highest BCUT2D eigenvalue weighted by Crippen LogP contribution is 2.29. The molecule has 4 nitrogen and oxygen atoms in total. The summed E-state index contributed by atoms with van der Waals surface area (Å²) in [5, 5.41) is 9.03. The molecule has 126 valence electrons. The molecule has 0 saturated heterocycles. The average Bonchev–Trinajstić information content (AvgIpc) is 2.79. The zero-order valence-electron chi connectivity index (χ0n) is 12.9. The molecule has 2 rings (SSSR count). The summed E-state index contributed by atoms with van der Waals surface area (Å²) in [5.74, 6) is -1.59. The van der Waals surface area contributed by atoms with Crippen molar-refractivity contribution in [3.63, 3.8) is 0 Å². The normalized spacial score (nSPS) is 11.9. The van der Waals surface area contributed by atoms with Crippen LogP contribution in [-0.4, -0.2) is 21.8 Å². The lowest BCUT2D eigenvalue weighted by atomic mass is 10.0. The monoisotopic (exact) mass is 337 g/mol. The van der Waals surface area contributed by atoms with E-state index >= 15 is 0 Å². The molecular weight excluding hydrogens is 323 g/mol. The Morgan fingerprint density at radius 2 is 1.71 bits per heavy atom. The van der Waals surface area contributed by atoms with Crippen LogP contribution in [0.5, 0.6) is 0 Å². The van der Waals surface area contributed by atoms with Gasteiger partial charge in [0.25, 0.3) is 0 Å². The number of H-pyrrole nitrogens is 1. The van der Waals surface area contributed by atoms with Crippen molar-refractivity contribution in [1.29, 1.82) is 0 Å². The molecule has 0 amide bonds. The minimum absolute atomic E-state index is 0.0567. The highest BCUT2D eigenvalue weighted by atomic mass is 19.4. The van der Waals surface area contributed by atoms with E-state index in [0.717, 1.165) is 12.1 Å². The number of carbonyl (C=O) groups is 2. The summed E-state index contributed by atoms with van der Waals surface area (Å²) in [6.45, 7) is 3.10. The Bertz CT molecular complexity index is 815. The first-order valence-corrected chi connectivity index (χ1v) is 6.93. The third-order valence-corrected chi connectivity index (χ3v) is 3.56. The molecule has 2 aromatic rings. The van der Waals surface area contributed by atoms with Gasteiger partial charge in [0.15, 0.2) is 5.78 Å². The van der Waals surface area contributed by atoms with Gasteiger partial charge in [0.05, 0.1) is 5.56 Å². The van der Waals surface area contributed by atoms with Crippen molar-refractivity contribution in [3.05, 3.63) is 64.0 Å². The van der Waals surface area contributed by atoms with Crippen LogP contribution in [-0.2, 0) is 6.18 Å². The lowest BCUT2D eigenvalue weighted by Crippen LogP contribution is -2.04. The third kappa shape index (κ3) is 3.56. The second-order valence-electron chi connectivity index (χ2n) is 5.25. The predicted octanol–water partition coefficient (Wildman–Crippen LogP) is 4.24. The Labute approximate surface area is 135 Å². The zero-order chi connectivity index (χ0) is 18.1. The Morgan fingerprint density at radius 1 is 1.12 bits per heavy atom. The second-order valence-corrected chi connectivity index (χ2v) is 5.25. The van der Waals surface area contributed by atoms with Gasteiger partial charge in [-0.05, 0) is 43.2 Å². The number of rotatable bonds is 4. The van der Waals surface area contributed by atoms with E-state index in [1.807, 2.05) is 0 Å². The Morgan fingerprint density at radius 3 is 2.17 bits per heavy atom. The highest BCUT2D eigenvalue weighted by Gasteiger charge is 2.29. The molecular formula is C17H14F3NO3. The van der Waals surface area contributed by atoms with Gasteiger partial charge in [0.2, 0.25) is 0 Å². The fraction of sp³-hybridized carbons (Fsp3) is 0.176. The van der Waals surface area contributed by atoms with Gasteiger partial charge in [-0.3, -0.25) is 4.79 Å². The first kappa shape index (κ1) is 17.5. The zero-order valence-corrected chi connectivity index (χ0v) is 12.9. The number of aromatic nitrogens is 1. The number of carboxylic acid groups (broad SMARTS) is 1. The summed E-state index contributed by atoms with van der Waals surface area (Å²) in [4.78, 5) is 25.9. The number of ketones is 1. The van der Waals surface area contributed by atoms with Crippen LogP contribution in [0.3, 0.4) is 0 Å². The molecule has 0 atom stereocenters. The van der Waals surface area contributed by atoms with Crippen LogP contribution in [0.15, 0.2) is 30.3 Å². The molecule has 1 heterocycles. The first-order valence-electron chi connectivity index (χ1n) is 6.93. The lowest BCUT2D eigenvalue weighted by Gasteiger charge is -2.05. The van der Waals surface area contributed by atoms with Crippen molar-refractivity contribution in [2.24, 2.45) is 0 Å². The number of hydrogen-bond acceptors (Lipinski definition) is 2. The van der Waals surface area contributed by atoms with Gasteiger partial charge in [-0.15, -0.1) is 0 Å². The van der Waals surface area contributed by atoms with Crippen molar-refractivity contribution in [1.82, 2.24) is 4.98 Å². The number of aromatic carboxylic acids is 1. The SMILES string of the molecule is Cc1[nH]c(C(=O)O)c(C)c1C(=O)/C=C/c1ccc(C(F)(F)F)cc1. The van der Waals surface area contributed by atoms with E-state index in [-0.39, 0.29) is 11.3 Å². The van der Waals surface area contributed by atoms with E-state index in [1.165, 1.54) is 31.2 Å². The number of nitrogens with one attached hydrogen (secondary N) is 1. The number of hydrogen-bond donors (Lipinski definition) is 2. The van der Waals surface area contributed by atoms with Gasteiger partial charge in [-0.1, -0.05) is 18.2 Å². The number of allylic oxidation sites excluding steroid dienone is 1. The molecule has 7 heteroatoms. The van der Waals surface area contributed by atoms with Gasteiger partial charge in [-0.2, -0.15) is 13.2 Å². The van der Waals surface area contributed by atoms with Crippen molar-refractivity contribution in [3.8, 4) is 0 Å². The molecule has 0 bridgehead atoms. The van der Waals surface area contributed by atoms with E-state index in [2.05, 4.69) is 4.98 Å². The van der Waals surface area contributed by atoms with Crippen molar-refractivity contribution >= 4 is 17.8 Å². The van der Waals surface area contributed by atoms with Crippen molar-refractivity contribution < 1.29 is 27.9 Å². The molecule has 0 aliphatic rings. The van der Waals surface area contributed by atoms with Crippen LogP contribution >= 0.6 is 0 Å². The number of carboxylic acids is 1. The number of alkyl halides is 3. The quantitative estimate of drug-likeness (QED) is 0.647. The van der Waals surface area contributed by atoms with Crippen LogP contribution < -0.4 is 0 Å². The van der Waals surface area contributed by atoms with Gasteiger partial charge in [0.1, 0.15) is 5.69 Å². The van der Waals surface area contributed by atoms with Crippen LogP contribution in [0, 0.1) is 13.8 Å². The minimum Gasteiger partial charge on any atom is -0.477 e. The molecule has 1 aromatic carbocycles. The fourth-order valence-electron chi connectivity index (χ4n) is 2.37. The molecule has 0 fully saturated rings. The molecule has 0 saturated carbocycles. The fourth-order valence-corrected chi connectivity index (χ4v) is 2.37. The molecule has 0 unspecified atom stereocenters. The van der Waals surface area contributed by atoms with Crippen LogP contribution in [0.2, 0.25) is 0 Å². The summed E-state index contributed by atoms with van der Waals surface area (Å²) in [6.07, 6.45) is -1.82. The molecule has 24 heavy (non-hydrogen) atoms. The van der Waals surface area contributed by atoms with E-state index in [4.69, 9.17) is 5.11 Å². The van der Waals surface area contributed by atoms with E-state index in [9.17, 15) is 22.8 Å². The van der Waals surface area contributed by atoms with Crippen LogP contribution in [0.4, 0.5) is 13.2 Å². The maximum Gasteiger partial charge on any atom is 0.416 e. The van der Waals surface area contributed by atoms with Crippen molar-refractivity contribution in [2.75, 3.05) is 0 Å². The summed E-state index contributed by atoms with van der Waals surface area (Å²) < 4.78 is 37.5. The number of aromatic amines is 1. The van der Waals surface area contributed by atoms with Gasteiger partial charge in [-0.25, -0.2) is 4.79 Å². The maximum absolute atomic E-state index is 12.5. The summed E-state index contributed by atoms with van der Waals surface area (Å²) in [6, 6.07) is 4.37. The standard InChI is InChI=1S/C17H14F3NO3/c1-9-14(10(2)21-15(9)16(23)24)13(22)8-5-11-3-6-12(7-4-11)17(18,19)20/h3-8,21H,1-2H3,(H,23,24)/b8-5+. The molecule has 2 N–H and O–H groups in total. The van der Waals surface area contributed by atoms with Crippen LogP contribution in [0.1, 0.15) is 43.2 Å². The number of benzene rings is 1. The Hall–Kier alpha value is -2.83. The van der Waals surface area contributed by atoms with E-state index < -0.39 is 23.5 Å². The topological polar surface area (TPSA) is 70.2 Å². The number of carbonyl (C=O) groups excluding carboxylic acids is 1. The molecule has 0 aliphatic carbocycles. The van der Waals surface area contributed by atoms with Crippen LogP contribution in [0.25, 0.3) is 6.08 Å². The average molecular weight is 337 g/mol. The molecule has 0 spiro atoms. The smallest absolute Gasteiger partial charge is 0.416 e. The van der Waals surface area contributed by atoms with Gasteiger partial charge in [0, 0.05) is 11.3 Å². The number of halogens is 3. The summed E-state index contributed by atoms with van der Waals surface area (Å²) in [5.41, 5.74) is 0.596. The van der Waals surface area contributed by atoms with Crippen molar-refractivity contribution in [2.45, 2.75) is 20.0 Å². The molecule has 0 aliphatic heterocycles. The van der Waals surface area contributed by atoms with Gasteiger partial charge >= 0.3 is 12.1 Å². The molecule has 1 aromatic heterocycles. The minimum atomic E-state index is -4.41. The van der Waals surface area contributed by atoms with E-state index in [0.29, 0.717) is 16.8 Å². The van der Waals surface area contributed by atoms with E-state index in [1.54, 1.807) is 6.92 Å². The largest absolute Gasteiger partial charge is 0.477 e. The first-order chi connectivity index (χ1) is 11.1. The Balaban J connectivity index is 2.24. The lowest BCUT2D eigenvalue weighted by molar-refractivity contribution is -0.137. The molecule has 0 radical (unpaired) electrons. The second kappa shape index (κ2) is 6.35. The number of aryl methyl sites for hydroxylation is 1. The van der Waals surface area contributed by atoms with Gasteiger partial charge < -0.3 is 10.1 Å². The summed E-state index contributed by atoms with van der Waals surface area (Å²) in [7, 11) is 0. The summed E-state index contributed by atoms with van der Waals surface area (Å²) >= 11 is 0. The predicted molar refractivity (Wildman–Crippen MR) is 82.0 cm³/mol. The Kier molecular flexibility index (Phi) is 4.64. The maximum atomic E-state index is 12.5. The highest BCUT2D eigenvalue weighted by molar-refractivity contribution is 6.10. The third-order valence-electron chi connectivity index (χ3n) is 3.56.